The minimum absolute atomic E-state index is 0.00472. The summed E-state index contributed by atoms with van der Waals surface area (Å²) in [4.78, 5) is 7.65. The van der Waals surface area contributed by atoms with E-state index in [-0.39, 0.29) is 6.10 Å². The van der Waals surface area contributed by atoms with Crippen LogP contribution in [0, 0.1) is 4.64 Å². The van der Waals surface area contributed by atoms with Crippen molar-refractivity contribution in [1.82, 2.24) is 9.97 Å². The summed E-state index contributed by atoms with van der Waals surface area (Å²) < 4.78 is 7.11. The lowest BCUT2D eigenvalue weighted by Gasteiger charge is -2.15. The summed E-state index contributed by atoms with van der Waals surface area (Å²) in [5.74, 6) is 0.828. The number of rotatable bonds is 5. The highest BCUT2D eigenvalue weighted by molar-refractivity contribution is 9.10. The molecule has 0 saturated heterocycles. The Labute approximate surface area is 110 Å². The van der Waals surface area contributed by atoms with Crippen LogP contribution in [0.4, 0.5) is 0 Å². The van der Waals surface area contributed by atoms with Gasteiger partial charge in [-0.15, -0.1) is 0 Å². The Kier molecular flexibility index (Phi) is 5.58. The van der Waals surface area contributed by atoms with E-state index in [0.717, 1.165) is 28.8 Å². The number of aromatic nitrogens is 2. The van der Waals surface area contributed by atoms with E-state index in [1.165, 1.54) is 0 Å². The van der Waals surface area contributed by atoms with Gasteiger partial charge in [0.25, 0.3) is 0 Å². The molecule has 0 bridgehead atoms. The van der Waals surface area contributed by atoms with E-state index in [2.05, 4.69) is 39.7 Å². The van der Waals surface area contributed by atoms with Crippen LogP contribution < -0.4 is 0 Å². The molecule has 0 saturated carbocycles. The smallest absolute Gasteiger partial charge is 0.144 e. The molecule has 0 aliphatic heterocycles. The third-order valence-electron chi connectivity index (χ3n) is 2.35. The van der Waals surface area contributed by atoms with Gasteiger partial charge in [-0.05, 0) is 35.7 Å². The lowest BCUT2D eigenvalue weighted by atomic mass is 10.2. The average Bonchev–Trinajstić information content (AvgIpc) is 2.29. The Bertz CT molecular complexity index is 405. The first kappa shape index (κ1) is 13.8. The molecule has 0 aromatic carbocycles. The number of aromatic amines is 1. The topological polar surface area (TPSA) is 37.9 Å². The van der Waals surface area contributed by atoms with E-state index in [0.29, 0.717) is 11.2 Å². The van der Waals surface area contributed by atoms with Crippen molar-refractivity contribution in [3.05, 3.63) is 20.6 Å². The minimum Gasteiger partial charge on any atom is -0.371 e. The number of hydrogen-bond donors (Lipinski definition) is 1. The zero-order valence-corrected chi connectivity index (χ0v) is 12.2. The molecule has 90 valence electrons. The van der Waals surface area contributed by atoms with Gasteiger partial charge in [0.1, 0.15) is 16.6 Å². The van der Waals surface area contributed by atoms with Gasteiger partial charge < -0.3 is 9.72 Å². The van der Waals surface area contributed by atoms with Crippen molar-refractivity contribution >= 4 is 28.1 Å². The lowest BCUT2D eigenvalue weighted by Crippen LogP contribution is -2.10. The summed E-state index contributed by atoms with van der Waals surface area (Å²) in [5, 5.41) is 0. The fourth-order valence-electron chi connectivity index (χ4n) is 1.51. The number of ether oxygens (including phenoxy) is 1. The molecule has 0 amide bonds. The Morgan fingerprint density at radius 3 is 2.62 bits per heavy atom. The maximum atomic E-state index is 5.62. The summed E-state index contributed by atoms with van der Waals surface area (Å²) >= 11 is 8.66. The van der Waals surface area contributed by atoms with Crippen LogP contribution in [0.1, 0.15) is 44.8 Å². The molecule has 1 aromatic heterocycles. The molecule has 1 heterocycles. The molecular formula is C11H17BrN2OS. The third-order valence-corrected chi connectivity index (χ3v) is 3.76. The van der Waals surface area contributed by atoms with Gasteiger partial charge in [0.15, 0.2) is 0 Å². The Hall–Kier alpha value is -0.260. The lowest BCUT2D eigenvalue weighted by molar-refractivity contribution is 0.0532. The van der Waals surface area contributed by atoms with Crippen LogP contribution in [0.15, 0.2) is 4.47 Å². The second kappa shape index (κ2) is 6.47. The first-order valence-electron chi connectivity index (χ1n) is 5.54. The molecule has 3 nitrogen and oxygen atoms in total. The molecule has 5 heteroatoms. The van der Waals surface area contributed by atoms with Crippen LogP contribution >= 0.6 is 28.1 Å². The fourth-order valence-corrected chi connectivity index (χ4v) is 2.20. The highest BCUT2D eigenvalue weighted by Gasteiger charge is 2.13. The van der Waals surface area contributed by atoms with Gasteiger partial charge in [-0.3, -0.25) is 0 Å². The molecule has 1 rings (SSSR count). The summed E-state index contributed by atoms with van der Waals surface area (Å²) in [7, 11) is 0. The highest BCUT2D eigenvalue weighted by atomic mass is 79.9. The molecule has 1 atom stereocenters. The van der Waals surface area contributed by atoms with E-state index in [1.54, 1.807) is 0 Å². The van der Waals surface area contributed by atoms with Gasteiger partial charge in [-0.2, -0.15) is 0 Å². The number of halogens is 1. The summed E-state index contributed by atoms with van der Waals surface area (Å²) in [6, 6.07) is 0. The molecule has 0 spiro atoms. The molecular weight excluding hydrogens is 288 g/mol. The van der Waals surface area contributed by atoms with Crippen molar-refractivity contribution < 1.29 is 4.74 Å². The molecule has 1 unspecified atom stereocenters. The first-order valence-corrected chi connectivity index (χ1v) is 6.74. The van der Waals surface area contributed by atoms with Crippen molar-refractivity contribution in [3.63, 3.8) is 0 Å². The number of H-pyrrole nitrogens is 1. The molecule has 16 heavy (non-hydrogen) atoms. The molecule has 0 aliphatic carbocycles. The van der Waals surface area contributed by atoms with Crippen molar-refractivity contribution in [3.8, 4) is 0 Å². The normalized spacial score (nSPS) is 12.8. The van der Waals surface area contributed by atoms with Crippen molar-refractivity contribution in [2.45, 2.75) is 39.7 Å². The number of nitrogens with one attached hydrogen (secondary N) is 1. The van der Waals surface area contributed by atoms with E-state index >= 15 is 0 Å². The van der Waals surface area contributed by atoms with Crippen LogP contribution in [-0.2, 0) is 11.2 Å². The molecule has 0 fully saturated rings. The van der Waals surface area contributed by atoms with E-state index in [1.807, 2.05) is 6.92 Å². The van der Waals surface area contributed by atoms with Crippen molar-refractivity contribution in [1.29, 1.82) is 0 Å². The van der Waals surface area contributed by atoms with Gasteiger partial charge in [0.2, 0.25) is 0 Å². The number of hydrogen-bond acceptors (Lipinski definition) is 3. The van der Waals surface area contributed by atoms with Crippen molar-refractivity contribution in [2.75, 3.05) is 6.61 Å². The maximum Gasteiger partial charge on any atom is 0.144 e. The molecule has 0 radical (unpaired) electrons. The Balaban J connectivity index is 3.14. The predicted molar refractivity (Wildman–Crippen MR) is 71.2 cm³/mol. The van der Waals surface area contributed by atoms with Crippen LogP contribution in [0.2, 0.25) is 0 Å². The predicted octanol–water partition coefficient (Wildman–Crippen LogP) is 3.95. The zero-order chi connectivity index (χ0) is 12.1. The Morgan fingerprint density at radius 1 is 1.44 bits per heavy atom. The summed E-state index contributed by atoms with van der Waals surface area (Å²) in [5.41, 5.74) is 1.08. The fraction of sp³-hybridized carbons (Fsp3) is 0.636. The van der Waals surface area contributed by atoms with Gasteiger partial charge >= 0.3 is 0 Å². The largest absolute Gasteiger partial charge is 0.371 e. The van der Waals surface area contributed by atoms with Crippen LogP contribution in [0.3, 0.4) is 0 Å². The highest BCUT2D eigenvalue weighted by Crippen LogP contribution is 2.22. The molecule has 1 N–H and O–H groups in total. The minimum atomic E-state index is 0.00472. The standard InChI is InChI=1S/C11H17BrN2OS/c1-4-7-9(12)11(16)14-10(13-7)8(5-2)15-6-3/h8H,4-6H2,1-3H3,(H,13,14,16). The van der Waals surface area contributed by atoms with Crippen molar-refractivity contribution in [2.24, 2.45) is 0 Å². The SMILES string of the molecule is CCOC(CC)c1nc(=S)c(Br)c(CC)[nH]1. The Morgan fingerprint density at radius 2 is 2.12 bits per heavy atom. The van der Waals surface area contributed by atoms with E-state index in [4.69, 9.17) is 17.0 Å². The average molecular weight is 305 g/mol. The van der Waals surface area contributed by atoms with Gasteiger partial charge in [0, 0.05) is 12.3 Å². The summed E-state index contributed by atoms with van der Waals surface area (Å²) in [6.45, 7) is 6.82. The van der Waals surface area contributed by atoms with Gasteiger partial charge in [-0.1, -0.05) is 26.1 Å². The van der Waals surface area contributed by atoms with E-state index < -0.39 is 0 Å². The van der Waals surface area contributed by atoms with Gasteiger partial charge in [0.05, 0.1) is 4.47 Å². The van der Waals surface area contributed by atoms with E-state index in [9.17, 15) is 0 Å². The monoisotopic (exact) mass is 304 g/mol. The number of aryl methyl sites for hydroxylation is 1. The zero-order valence-electron chi connectivity index (χ0n) is 9.84. The quantitative estimate of drug-likeness (QED) is 0.837. The maximum absolute atomic E-state index is 5.62. The molecule has 1 aromatic rings. The second-order valence-corrected chi connectivity index (χ2v) is 4.61. The first-order chi connectivity index (χ1) is 7.63. The van der Waals surface area contributed by atoms with Crippen LogP contribution in [0.25, 0.3) is 0 Å². The van der Waals surface area contributed by atoms with Gasteiger partial charge in [-0.25, -0.2) is 4.98 Å². The van der Waals surface area contributed by atoms with Crippen LogP contribution in [-0.4, -0.2) is 16.6 Å². The van der Waals surface area contributed by atoms with Crippen LogP contribution in [0.5, 0.6) is 0 Å². The third kappa shape index (κ3) is 3.12. The molecule has 0 aliphatic rings. The second-order valence-electron chi connectivity index (χ2n) is 3.43. The summed E-state index contributed by atoms with van der Waals surface area (Å²) in [6.07, 6.45) is 1.78. The number of nitrogens with zero attached hydrogens (tertiary/aromatic N) is 1.